The number of furan rings is 1. The van der Waals surface area contributed by atoms with Gasteiger partial charge in [0.15, 0.2) is 5.58 Å². The summed E-state index contributed by atoms with van der Waals surface area (Å²) in [7, 11) is -1.34. The van der Waals surface area contributed by atoms with E-state index in [0.717, 1.165) is 39.8 Å². The number of nitrogens with zero attached hydrogens (tertiary/aromatic N) is 4. The molecule has 0 aliphatic rings. The number of hydrogen-bond acceptors (Lipinski definition) is 4. The number of aromatic nitrogens is 4. The standard InChI is InChI=1S/C24H13FN3O.C18H24NSi.Ir/c25-23-22-17(13-14-26-23)16-9-6-10-18(21(16)29-22)24-27-19-11-4-5-12-20(19)28(24)15-7-2-1-3-8-15;1-14(2)11-16-12-17(15-9-7-6-8-10-15)19-13-18(16)20(3,4)5;/h1-9,11-14H;6-9,12-14H,11H2,1-5H3;/q2*-1;. The van der Waals surface area contributed by atoms with E-state index in [1.54, 1.807) is 6.07 Å². The van der Waals surface area contributed by atoms with Crippen molar-refractivity contribution in [2.24, 2.45) is 5.92 Å². The minimum absolute atomic E-state index is 0. The molecule has 4 aromatic carbocycles. The van der Waals surface area contributed by atoms with Gasteiger partial charge in [-0.1, -0.05) is 86.4 Å². The Morgan fingerprint density at radius 2 is 1.56 bits per heavy atom. The second kappa shape index (κ2) is 14.6. The van der Waals surface area contributed by atoms with Gasteiger partial charge in [-0.3, -0.25) is 4.98 Å². The minimum atomic E-state index is -1.34. The maximum absolute atomic E-state index is 14.2. The van der Waals surface area contributed by atoms with Crippen LogP contribution in [-0.2, 0) is 26.5 Å². The van der Waals surface area contributed by atoms with Crippen LogP contribution in [0.25, 0.3) is 61.3 Å². The quantitative estimate of drug-likeness (QED) is 0.0950. The van der Waals surface area contributed by atoms with E-state index in [1.807, 2.05) is 84.9 Å². The first kappa shape index (κ1) is 35.1. The van der Waals surface area contributed by atoms with Crippen LogP contribution in [0, 0.1) is 24.0 Å². The molecule has 0 unspecified atom stereocenters. The summed E-state index contributed by atoms with van der Waals surface area (Å²) in [6.45, 7) is 11.7. The molecule has 0 amide bonds. The van der Waals surface area contributed by atoms with E-state index in [-0.39, 0.29) is 25.7 Å². The molecule has 1 radical (unpaired) electrons. The largest absolute Gasteiger partial charge is 0.496 e. The van der Waals surface area contributed by atoms with Crippen molar-refractivity contribution >= 4 is 46.2 Å². The van der Waals surface area contributed by atoms with Crippen LogP contribution in [0.1, 0.15) is 19.4 Å². The maximum atomic E-state index is 14.2. The number of para-hydroxylation sites is 3. The Morgan fingerprint density at radius 3 is 2.30 bits per heavy atom. The number of benzene rings is 4. The number of fused-ring (bicyclic) bond motifs is 4. The van der Waals surface area contributed by atoms with Gasteiger partial charge < -0.3 is 14.0 Å². The van der Waals surface area contributed by atoms with Crippen LogP contribution in [0.3, 0.4) is 0 Å². The average Bonchev–Trinajstić information content (AvgIpc) is 3.68. The van der Waals surface area contributed by atoms with Gasteiger partial charge in [-0.25, -0.2) is 4.98 Å². The van der Waals surface area contributed by atoms with Crippen molar-refractivity contribution in [3.05, 3.63) is 139 Å². The summed E-state index contributed by atoms with van der Waals surface area (Å²) in [6, 6.07) is 40.3. The summed E-state index contributed by atoms with van der Waals surface area (Å²) in [4.78, 5) is 13.3. The summed E-state index contributed by atoms with van der Waals surface area (Å²) in [5.41, 5.74) is 7.78. The Hall–Kier alpha value is -4.75. The summed E-state index contributed by atoms with van der Waals surface area (Å²) in [6.07, 6.45) is 4.68. The second-order valence-electron chi connectivity index (χ2n) is 13.6. The average molecular weight is 853 g/mol. The molecule has 0 aliphatic heterocycles. The molecule has 0 saturated heterocycles. The van der Waals surface area contributed by atoms with Crippen molar-refractivity contribution in [3.63, 3.8) is 0 Å². The van der Waals surface area contributed by atoms with Crippen LogP contribution in [0.2, 0.25) is 19.6 Å². The van der Waals surface area contributed by atoms with Crippen LogP contribution >= 0.6 is 0 Å². The smallest absolute Gasteiger partial charge is 0.255 e. The van der Waals surface area contributed by atoms with Gasteiger partial charge in [-0.15, -0.1) is 54.1 Å². The number of imidazole rings is 1. The fraction of sp³-hybridized carbons (Fsp3) is 0.167. The molecule has 0 spiro atoms. The molecule has 0 fully saturated rings. The fourth-order valence-electron chi connectivity index (χ4n) is 6.32. The predicted octanol–water partition coefficient (Wildman–Crippen LogP) is 10.2. The zero-order valence-corrected chi connectivity index (χ0v) is 32.1. The summed E-state index contributed by atoms with van der Waals surface area (Å²) >= 11 is 0. The van der Waals surface area contributed by atoms with Gasteiger partial charge in [-0.2, -0.15) is 4.39 Å². The van der Waals surface area contributed by atoms with Crippen molar-refractivity contribution in [2.45, 2.75) is 39.9 Å². The zero-order chi connectivity index (χ0) is 34.1. The Balaban J connectivity index is 0.000000182. The summed E-state index contributed by atoms with van der Waals surface area (Å²) in [5.74, 6) is 0.733. The van der Waals surface area contributed by atoms with Gasteiger partial charge in [-0.05, 0) is 53.6 Å². The van der Waals surface area contributed by atoms with Gasteiger partial charge in [0.2, 0.25) is 0 Å². The van der Waals surface area contributed by atoms with Crippen LogP contribution in [0.15, 0.2) is 120 Å². The molecule has 50 heavy (non-hydrogen) atoms. The fourth-order valence-corrected chi connectivity index (χ4v) is 7.90. The molecule has 0 atom stereocenters. The first-order valence-electron chi connectivity index (χ1n) is 16.6. The van der Waals surface area contributed by atoms with Crippen molar-refractivity contribution in [2.75, 3.05) is 0 Å². The number of halogens is 1. The maximum Gasteiger partial charge on any atom is 0.255 e. The predicted molar refractivity (Wildman–Crippen MR) is 200 cm³/mol. The molecular weight excluding hydrogens is 816 g/mol. The molecule has 4 aromatic heterocycles. The molecule has 5 nitrogen and oxygen atoms in total. The molecule has 8 aromatic rings. The van der Waals surface area contributed by atoms with Crippen molar-refractivity contribution < 1.29 is 28.9 Å². The molecule has 0 N–H and O–H groups in total. The summed E-state index contributed by atoms with van der Waals surface area (Å²) < 4.78 is 22.2. The number of rotatable bonds is 6. The van der Waals surface area contributed by atoms with Gasteiger partial charge in [0.1, 0.15) is 0 Å². The van der Waals surface area contributed by atoms with Gasteiger partial charge >= 0.3 is 0 Å². The van der Waals surface area contributed by atoms with Gasteiger partial charge in [0.05, 0.1) is 30.5 Å². The van der Waals surface area contributed by atoms with Crippen LogP contribution < -0.4 is 5.19 Å². The van der Waals surface area contributed by atoms with E-state index >= 15 is 0 Å². The topological polar surface area (TPSA) is 56.7 Å². The normalized spacial score (nSPS) is 11.5. The molecule has 8 heteroatoms. The van der Waals surface area contributed by atoms with Crippen LogP contribution in [0.5, 0.6) is 0 Å². The van der Waals surface area contributed by atoms with E-state index in [0.29, 0.717) is 28.3 Å². The molecule has 0 bridgehead atoms. The molecule has 0 saturated carbocycles. The van der Waals surface area contributed by atoms with Gasteiger partial charge in [0, 0.05) is 43.6 Å². The number of pyridine rings is 2. The SMILES string of the molecule is CC(C)Cc1cc(-c2[c-]cccc2)ncc1[Si](C)(C)C.Fc1nccc2c1oc1c(-c3nc4ccccc4n3-c3ccccc3)[c-]ccc12.[Ir]. The van der Waals surface area contributed by atoms with Crippen molar-refractivity contribution in [1.29, 1.82) is 0 Å². The molecule has 0 aliphatic carbocycles. The Kier molecular flexibility index (Phi) is 10.3. The molecule has 4 heterocycles. The summed E-state index contributed by atoms with van der Waals surface area (Å²) in [5, 5.41) is 2.98. The first-order valence-corrected chi connectivity index (χ1v) is 20.1. The van der Waals surface area contributed by atoms with E-state index in [9.17, 15) is 4.39 Å². The monoisotopic (exact) mass is 853 g/mol. The van der Waals surface area contributed by atoms with E-state index in [4.69, 9.17) is 9.40 Å². The van der Waals surface area contributed by atoms with E-state index < -0.39 is 14.0 Å². The van der Waals surface area contributed by atoms with Crippen molar-refractivity contribution in [1.82, 2.24) is 19.5 Å². The van der Waals surface area contributed by atoms with E-state index in [2.05, 4.69) is 78.5 Å². The molecule has 8 rings (SSSR count). The number of hydrogen-bond donors (Lipinski definition) is 0. The van der Waals surface area contributed by atoms with Crippen LogP contribution in [0.4, 0.5) is 4.39 Å². The molecular formula is C42H37FIrN4OSi-2. The Morgan fingerprint density at radius 1 is 0.820 bits per heavy atom. The minimum Gasteiger partial charge on any atom is -0.496 e. The Labute approximate surface area is 306 Å². The van der Waals surface area contributed by atoms with Gasteiger partial charge in [0.25, 0.3) is 5.95 Å². The van der Waals surface area contributed by atoms with E-state index in [1.165, 1.54) is 16.9 Å². The Bertz CT molecular complexity index is 2400. The van der Waals surface area contributed by atoms with Crippen molar-refractivity contribution in [3.8, 4) is 28.3 Å². The third-order valence-corrected chi connectivity index (χ3v) is 10.6. The second-order valence-corrected chi connectivity index (χ2v) is 18.7. The zero-order valence-electron chi connectivity index (χ0n) is 28.7. The molecule has 253 valence electrons. The third kappa shape index (κ3) is 6.97. The van der Waals surface area contributed by atoms with Crippen LogP contribution in [-0.4, -0.2) is 27.6 Å². The first-order chi connectivity index (χ1) is 23.7. The third-order valence-electron chi connectivity index (χ3n) is 8.51.